The van der Waals surface area contributed by atoms with Crippen molar-refractivity contribution in [2.24, 2.45) is 5.92 Å². The van der Waals surface area contributed by atoms with Crippen molar-refractivity contribution in [3.05, 3.63) is 0 Å². The molecule has 17 heavy (non-hydrogen) atoms. The van der Waals surface area contributed by atoms with E-state index in [4.69, 9.17) is 4.74 Å². The van der Waals surface area contributed by atoms with Crippen LogP contribution in [0.1, 0.15) is 65.7 Å². The first-order chi connectivity index (χ1) is 8.30. The summed E-state index contributed by atoms with van der Waals surface area (Å²) in [5, 5.41) is 3.57. The molecule has 2 atom stereocenters. The Morgan fingerprint density at radius 1 is 1.18 bits per heavy atom. The van der Waals surface area contributed by atoms with E-state index in [1.165, 1.54) is 38.5 Å². The molecule has 1 saturated carbocycles. The highest BCUT2D eigenvalue weighted by Gasteiger charge is 2.21. The number of ether oxygens (including phenoxy) is 1. The standard InChI is InChI=1S/C15H31NO/c1-4-7-8-13(5-2)12-17-15(6-3)11-16-14-9-10-14/h13-16H,4-12H2,1-3H3. The predicted octanol–water partition coefficient (Wildman–Crippen LogP) is 3.75. The molecule has 1 N–H and O–H groups in total. The summed E-state index contributed by atoms with van der Waals surface area (Å²) in [4.78, 5) is 0. The Balaban J connectivity index is 2.09. The quantitative estimate of drug-likeness (QED) is 0.595. The maximum atomic E-state index is 6.06. The van der Waals surface area contributed by atoms with Crippen molar-refractivity contribution in [1.29, 1.82) is 0 Å². The summed E-state index contributed by atoms with van der Waals surface area (Å²) in [5.74, 6) is 0.768. The second-order valence-corrected chi connectivity index (χ2v) is 5.46. The first-order valence-electron chi connectivity index (χ1n) is 7.65. The molecule has 0 radical (unpaired) electrons. The van der Waals surface area contributed by atoms with Gasteiger partial charge in [0.25, 0.3) is 0 Å². The molecule has 0 saturated heterocycles. The Kier molecular flexibility index (Phi) is 7.87. The first kappa shape index (κ1) is 15.0. The molecule has 2 nitrogen and oxygen atoms in total. The lowest BCUT2D eigenvalue weighted by Gasteiger charge is -2.21. The van der Waals surface area contributed by atoms with E-state index in [1.54, 1.807) is 0 Å². The number of hydrogen-bond donors (Lipinski definition) is 1. The molecule has 0 aromatic carbocycles. The monoisotopic (exact) mass is 241 g/mol. The van der Waals surface area contributed by atoms with Gasteiger partial charge in [0.05, 0.1) is 6.10 Å². The molecule has 2 unspecified atom stereocenters. The van der Waals surface area contributed by atoms with Crippen molar-refractivity contribution < 1.29 is 4.74 Å². The van der Waals surface area contributed by atoms with E-state index >= 15 is 0 Å². The van der Waals surface area contributed by atoms with Crippen LogP contribution in [0, 0.1) is 5.92 Å². The minimum absolute atomic E-state index is 0.422. The Bertz CT molecular complexity index is 180. The average molecular weight is 241 g/mol. The largest absolute Gasteiger partial charge is 0.377 e. The molecule has 1 aliphatic rings. The van der Waals surface area contributed by atoms with Crippen molar-refractivity contribution in [2.75, 3.05) is 13.2 Å². The van der Waals surface area contributed by atoms with Crippen molar-refractivity contribution in [3.63, 3.8) is 0 Å². The lowest BCUT2D eigenvalue weighted by atomic mass is 10.0. The van der Waals surface area contributed by atoms with Crippen LogP contribution in [0.3, 0.4) is 0 Å². The van der Waals surface area contributed by atoms with E-state index in [1.807, 2.05) is 0 Å². The topological polar surface area (TPSA) is 21.3 Å². The highest BCUT2D eigenvalue weighted by atomic mass is 16.5. The van der Waals surface area contributed by atoms with Gasteiger partial charge in [-0.25, -0.2) is 0 Å². The van der Waals surface area contributed by atoms with Crippen molar-refractivity contribution in [1.82, 2.24) is 5.32 Å². The molecule has 1 aliphatic carbocycles. The van der Waals surface area contributed by atoms with Crippen molar-refractivity contribution in [2.45, 2.75) is 77.9 Å². The second kappa shape index (κ2) is 8.93. The molecule has 0 aromatic rings. The van der Waals surface area contributed by atoms with Crippen LogP contribution in [0.2, 0.25) is 0 Å². The first-order valence-corrected chi connectivity index (χ1v) is 7.65. The molecule has 0 spiro atoms. The third-order valence-corrected chi connectivity index (χ3v) is 3.78. The molecule has 0 aromatic heterocycles. The van der Waals surface area contributed by atoms with E-state index in [0.717, 1.165) is 31.5 Å². The fourth-order valence-corrected chi connectivity index (χ4v) is 2.08. The highest BCUT2D eigenvalue weighted by Crippen LogP contribution is 2.19. The van der Waals surface area contributed by atoms with Gasteiger partial charge in [-0.3, -0.25) is 0 Å². The summed E-state index contributed by atoms with van der Waals surface area (Å²) >= 11 is 0. The van der Waals surface area contributed by atoms with Crippen LogP contribution in [-0.4, -0.2) is 25.3 Å². The van der Waals surface area contributed by atoms with Crippen LogP contribution in [0.5, 0.6) is 0 Å². The van der Waals surface area contributed by atoms with Crippen LogP contribution in [0.4, 0.5) is 0 Å². The zero-order valence-corrected chi connectivity index (χ0v) is 12.0. The van der Waals surface area contributed by atoms with Gasteiger partial charge in [-0.1, -0.05) is 40.0 Å². The maximum Gasteiger partial charge on any atom is 0.0697 e. The Morgan fingerprint density at radius 3 is 2.47 bits per heavy atom. The van der Waals surface area contributed by atoms with Gasteiger partial charge < -0.3 is 10.1 Å². The maximum absolute atomic E-state index is 6.06. The molecule has 0 bridgehead atoms. The van der Waals surface area contributed by atoms with Gasteiger partial charge in [0.15, 0.2) is 0 Å². The Labute approximate surface area is 108 Å². The summed E-state index contributed by atoms with van der Waals surface area (Å²) in [6, 6.07) is 0.801. The van der Waals surface area contributed by atoms with Gasteiger partial charge in [0, 0.05) is 19.2 Å². The molecule has 1 rings (SSSR count). The number of rotatable bonds is 11. The third-order valence-electron chi connectivity index (χ3n) is 3.78. The molecule has 0 heterocycles. The van der Waals surface area contributed by atoms with Crippen LogP contribution in [-0.2, 0) is 4.74 Å². The summed E-state index contributed by atoms with van der Waals surface area (Å²) in [7, 11) is 0. The van der Waals surface area contributed by atoms with Crippen LogP contribution in [0.25, 0.3) is 0 Å². The van der Waals surface area contributed by atoms with E-state index in [9.17, 15) is 0 Å². The van der Waals surface area contributed by atoms with Crippen LogP contribution < -0.4 is 5.32 Å². The average Bonchev–Trinajstić information content (AvgIpc) is 3.17. The lowest BCUT2D eigenvalue weighted by Crippen LogP contribution is -2.31. The summed E-state index contributed by atoms with van der Waals surface area (Å²) in [6.07, 6.45) is 9.52. The summed E-state index contributed by atoms with van der Waals surface area (Å²) in [5.41, 5.74) is 0. The molecule has 0 amide bonds. The SMILES string of the molecule is CCCCC(CC)COC(CC)CNC1CC1. The molecule has 2 heteroatoms. The van der Waals surface area contributed by atoms with Gasteiger partial charge in [0.2, 0.25) is 0 Å². The zero-order chi connectivity index (χ0) is 12.5. The smallest absolute Gasteiger partial charge is 0.0697 e. The van der Waals surface area contributed by atoms with Crippen molar-refractivity contribution >= 4 is 0 Å². The lowest BCUT2D eigenvalue weighted by molar-refractivity contribution is 0.0239. The molecule has 0 aliphatic heterocycles. The van der Waals surface area contributed by atoms with E-state index in [-0.39, 0.29) is 0 Å². The minimum Gasteiger partial charge on any atom is -0.377 e. The second-order valence-electron chi connectivity index (χ2n) is 5.46. The summed E-state index contributed by atoms with van der Waals surface area (Å²) in [6.45, 7) is 8.79. The van der Waals surface area contributed by atoms with Crippen molar-refractivity contribution in [3.8, 4) is 0 Å². The van der Waals surface area contributed by atoms with Gasteiger partial charge >= 0.3 is 0 Å². The molecular weight excluding hydrogens is 210 g/mol. The van der Waals surface area contributed by atoms with E-state index in [0.29, 0.717) is 6.10 Å². The molecule has 1 fully saturated rings. The van der Waals surface area contributed by atoms with E-state index in [2.05, 4.69) is 26.1 Å². The van der Waals surface area contributed by atoms with E-state index < -0.39 is 0 Å². The van der Waals surface area contributed by atoms with Crippen LogP contribution >= 0.6 is 0 Å². The molecular formula is C15H31NO. The van der Waals surface area contributed by atoms with Gasteiger partial charge in [-0.05, 0) is 31.6 Å². The zero-order valence-electron chi connectivity index (χ0n) is 12.0. The van der Waals surface area contributed by atoms with Crippen LogP contribution in [0.15, 0.2) is 0 Å². The Morgan fingerprint density at radius 2 is 1.94 bits per heavy atom. The number of nitrogens with one attached hydrogen (secondary N) is 1. The number of unbranched alkanes of at least 4 members (excludes halogenated alkanes) is 1. The minimum atomic E-state index is 0.422. The van der Waals surface area contributed by atoms with Gasteiger partial charge in [-0.2, -0.15) is 0 Å². The number of hydrogen-bond acceptors (Lipinski definition) is 2. The Hall–Kier alpha value is -0.0800. The fourth-order valence-electron chi connectivity index (χ4n) is 2.08. The summed E-state index contributed by atoms with van der Waals surface area (Å²) < 4.78 is 6.06. The molecule has 102 valence electrons. The fraction of sp³-hybridized carbons (Fsp3) is 1.00. The normalized spacial score (nSPS) is 19.2. The third kappa shape index (κ3) is 7.05. The predicted molar refractivity (Wildman–Crippen MR) is 74.4 cm³/mol. The van der Waals surface area contributed by atoms with Gasteiger partial charge in [0.1, 0.15) is 0 Å². The van der Waals surface area contributed by atoms with Gasteiger partial charge in [-0.15, -0.1) is 0 Å². The highest BCUT2D eigenvalue weighted by molar-refractivity contribution is 4.81.